The summed E-state index contributed by atoms with van der Waals surface area (Å²) in [6, 6.07) is 14.3. The molecule has 0 aromatic heterocycles. The lowest BCUT2D eigenvalue weighted by Crippen LogP contribution is -2.36. The number of sulfonamides is 1. The summed E-state index contributed by atoms with van der Waals surface area (Å²) in [5.41, 5.74) is 0.639. The first kappa shape index (κ1) is 21.5. The Kier molecular flexibility index (Phi) is 6.70. The highest BCUT2D eigenvalue weighted by Gasteiger charge is 2.43. The van der Waals surface area contributed by atoms with Crippen LogP contribution < -0.4 is 5.32 Å². The minimum absolute atomic E-state index is 0.0753. The third-order valence-electron chi connectivity index (χ3n) is 5.30. The molecule has 0 spiro atoms. The number of hydrogen-bond donors (Lipinski definition) is 1. The van der Waals surface area contributed by atoms with Crippen LogP contribution in [0.25, 0.3) is 0 Å². The average molecular weight is 419 g/mol. The molecule has 2 atom stereocenters. The summed E-state index contributed by atoms with van der Waals surface area (Å²) >= 11 is 0. The van der Waals surface area contributed by atoms with Crippen LogP contribution in [0.15, 0.2) is 59.5 Å². The molecule has 3 rings (SSSR count). The van der Waals surface area contributed by atoms with Crippen molar-refractivity contribution < 1.29 is 17.6 Å². The molecule has 1 heterocycles. The van der Waals surface area contributed by atoms with Crippen LogP contribution in [0.4, 0.5) is 4.39 Å². The second-order valence-corrected chi connectivity index (χ2v) is 9.81. The normalized spacial score (nSPS) is 20.1. The number of nitrogens with zero attached hydrogens (tertiary/aromatic N) is 1. The van der Waals surface area contributed by atoms with E-state index in [2.05, 4.69) is 19.2 Å². The smallest absolute Gasteiger partial charge is 0.243 e. The van der Waals surface area contributed by atoms with Crippen molar-refractivity contribution in [2.45, 2.75) is 31.1 Å². The minimum atomic E-state index is -3.73. The van der Waals surface area contributed by atoms with E-state index in [1.54, 1.807) is 42.5 Å². The van der Waals surface area contributed by atoms with Crippen LogP contribution in [0.2, 0.25) is 0 Å². The summed E-state index contributed by atoms with van der Waals surface area (Å²) in [5, 5.41) is 2.93. The third kappa shape index (κ3) is 5.03. The van der Waals surface area contributed by atoms with E-state index in [4.69, 9.17) is 0 Å². The number of halogens is 1. The summed E-state index contributed by atoms with van der Waals surface area (Å²) in [6.07, 6.45) is 0.842. The van der Waals surface area contributed by atoms with Gasteiger partial charge in [0, 0.05) is 25.6 Å². The first-order chi connectivity index (χ1) is 13.8. The van der Waals surface area contributed by atoms with Crippen molar-refractivity contribution in [3.05, 3.63) is 66.0 Å². The number of amides is 1. The molecule has 1 saturated heterocycles. The Morgan fingerprint density at radius 3 is 2.52 bits per heavy atom. The lowest BCUT2D eigenvalue weighted by atomic mass is 9.88. The quantitative estimate of drug-likeness (QED) is 0.750. The van der Waals surface area contributed by atoms with E-state index in [9.17, 15) is 17.6 Å². The molecule has 0 unspecified atom stereocenters. The maximum Gasteiger partial charge on any atom is 0.243 e. The van der Waals surface area contributed by atoms with Gasteiger partial charge in [-0.05, 0) is 42.2 Å². The standard InChI is InChI=1S/C22H27FN2O3S/c1-16(2)11-12-24-22(26)21-15-25(29(27,28)19-9-4-3-5-10-19)14-20(21)17-7-6-8-18(23)13-17/h3-10,13,16,20-21H,11-12,14-15H2,1-2H3,(H,24,26)/t20-,21+/m1/s1. The summed E-state index contributed by atoms with van der Waals surface area (Å²) in [7, 11) is -3.73. The lowest BCUT2D eigenvalue weighted by molar-refractivity contribution is -0.124. The van der Waals surface area contributed by atoms with E-state index < -0.39 is 27.7 Å². The molecule has 0 saturated carbocycles. The van der Waals surface area contributed by atoms with Crippen LogP contribution in [0.5, 0.6) is 0 Å². The van der Waals surface area contributed by atoms with Crippen molar-refractivity contribution in [3.63, 3.8) is 0 Å². The number of nitrogens with one attached hydrogen (secondary N) is 1. The van der Waals surface area contributed by atoms with Crippen LogP contribution >= 0.6 is 0 Å². The number of rotatable bonds is 7. The van der Waals surface area contributed by atoms with Crippen LogP contribution in [-0.4, -0.2) is 38.3 Å². The van der Waals surface area contributed by atoms with Crippen LogP contribution in [0, 0.1) is 17.7 Å². The van der Waals surface area contributed by atoms with E-state index >= 15 is 0 Å². The van der Waals surface area contributed by atoms with Gasteiger partial charge in [-0.1, -0.05) is 44.2 Å². The Bertz CT molecular complexity index is 948. The Morgan fingerprint density at radius 2 is 1.86 bits per heavy atom. The molecule has 0 radical (unpaired) electrons. The summed E-state index contributed by atoms with van der Waals surface area (Å²) in [4.78, 5) is 13.1. The molecule has 0 bridgehead atoms. The second kappa shape index (κ2) is 9.05. The third-order valence-corrected chi connectivity index (χ3v) is 7.15. The van der Waals surface area contributed by atoms with Crippen molar-refractivity contribution in [3.8, 4) is 0 Å². The highest BCUT2D eigenvalue weighted by molar-refractivity contribution is 7.89. The fourth-order valence-electron chi connectivity index (χ4n) is 3.66. The molecular formula is C22H27FN2O3S. The Hall–Kier alpha value is -2.25. The molecule has 156 valence electrons. The molecule has 2 aromatic rings. The van der Waals surface area contributed by atoms with Crippen LogP contribution in [-0.2, 0) is 14.8 Å². The van der Waals surface area contributed by atoms with Gasteiger partial charge in [0.15, 0.2) is 0 Å². The second-order valence-electron chi connectivity index (χ2n) is 7.88. The van der Waals surface area contributed by atoms with E-state index in [1.165, 1.54) is 16.4 Å². The molecule has 1 amide bonds. The zero-order valence-corrected chi connectivity index (χ0v) is 17.5. The van der Waals surface area contributed by atoms with Crippen LogP contribution in [0.1, 0.15) is 31.7 Å². The summed E-state index contributed by atoms with van der Waals surface area (Å²) < 4.78 is 41.3. The SMILES string of the molecule is CC(C)CCNC(=O)[C@H]1CN(S(=O)(=O)c2ccccc2)C[C@@H]1c1cccc(F)c1. The minimum Gasteiger partial charge on any atom is -0.356 e. The van der Waals surface area contributed by atoms with Crippen molar-refractivity contribution in [1.82, 2.24) is 9.62 Å². The molecular weight excluding hydrogens is 391 g/mol. The topological polar surface area (TPSA) is 66.5 Å². The van der Waals surface area contributed by atoms with E-state index in [-0.39, 0.29) is 23.9 Å². The van der Waals surface area contributed by atoms with Crippen molar-refractivity contribution in [2.24, 2.45) is 11.8 Å². The van der Waals surface area contributed by atoms with Gasteiger partial charge in [-0.2, -0.15) is 4.31 Å². The monoisotopic (exact) mass is 418 g/mol. The van der Waals surface area contributed by atoms with Gasteiger partial charge >= 0.3 is 0 Å². The van der Waals surface area contributed by atoms with Crippen LogP contribution in [0.3, 0.4) is 0 Å². The number of benzene rings is 2. The van der Waals surface area contributed by atoms with E-state index in [1.807, 2.05) is 0 Å². The predicted octanol–water partition coefficient (Wildman–Crippen LogP) is 3.39. The van der Waals surface area contributed by atoms with Gasteiger partial charge in [0.05, 0.1) is 10.8 Å². The van der Waals surface area contributed by atoms with Gasteiger partial charge in [-0.3, -0.25) is 4.79 Å². The largest absolute Gasteiger partial charge is 0.356 e. The number of carbonyl (C=O) groups is 1. The van der Waals surface area contributed by atoms with Gasteiger partial charge < -0.3 is 5.32 Å². The zero-order chi connectivity index (χ0) is 21.0. The van der Waals surface area contributed by atoms with Crippen molar-refractivity contribution >= 4 is 15.9 Å². The average Bonchev–Trinajstić information content (AvgIpc) is 3.15. The van der Waals surface area contributed by atoms with Gasteiger partial charge in [-0.25, -0.2) is 12.8 Å². The summed E-state index contributed by atoms with van der Waals surface area (Å²) in [6.45, 7) is 4.90. The van der Waals surface area contributed by atoms with E-state index in [0.717, 1.165) is 6.42 Å². The first-order valence-corrected chi connectivity index (χ1v) is 11.3. The molecule has 5 nitrogen and oxygen atoms in total. The molecule has 7 heteroatoms. The molecule has 1 aliphatic rings. The van der Waals surface area contributed by atoms with Crippen molar-refractivity contribution in [1.29, 1.82) is 0 Å². The van der Waals surface area contributed by atoms with Crippen molar-refractivity contribution in [2.75, 3.05) is 19.6 Å². The van der Waals surface area contributed by atoms with Gasteiger partial charge in [0.2, 0.25) is 15.9 Å². The van der Waals surface area contributed by atoms with Gasteiger partial charge in [-0.15, -0.1) is 0 Å². The first-order valence-electron chi connectivity index (χ1n) is 9.87. The Labute approximate surface area is 172 Å². The molecule has 1 N–H and O–H groups in total. The number of hydrogen-bond acceptors (Lipinski definition) is 3. The fraction of sp³-hybridized carbons (Fsp3) is 0.409. The molecule has 0 aliphatic carbocycles. The molecule has 2 aromatic carbocycles. The highest BCUT2D eigenvalue weighted by atomic mass is 32.2. The molecule has 29 heavy (non-hydrogen) atoms. The Balaban J connectivity index is 1.87. The van der Waals surface area contributed by atoms with Gasteiger partial charge in [0.1, 0.15) is 5.82 Å². The predicted molar refractivity (Wildman–Crippen MR) is 110 cm³/mol. The highest BCUT2D eigenvalue weighted by Crippen LogP contribution is 2.36. The summed E-state index contributed by atoms with van der Waals surface area (Å²) in [5.74, 6) is -1.10. The molecule has 1 fully saturated rings. The Morgan fingerprint density at radius 1 is 1.14 bits per heavy atom. The lowest BCUT2D eigenvalue weighted by Gasteiger charge is -2.18. The molecule has 1 aliphatic heterocycles. The maximum absolute atomic E-state index is 13.8. The zero-order valence-electron chi connectivity index (χ0n) is 16.7. The van der Waals surface area contributed by atoms with Gasteiger partial charge in [0.25, 0.3) is 0 Å². The fourth-order valence-corrected chi connectivity index (χ4v) is 5.17. The van der Waals surface area contributed by atoms with E-state index in [0.29, 0.717) is 18.0 Å². The maximum atomic E-state index is 13.8. The number of carbonyl (C=O) groups excluding carboxylic acids is 1.